The van der Waals surface area contributed by atoms with Gasteiger partial charge in [-0.25, -0.2) is 9.97 Å². The lowest BCUT2D eigenvalue weighted by atomic mass is 9.78. The van der Waals surface area contributed by atoms with Crippen LogP contribution in [-0.2, 0) is 22.7 Å². The van der Waals surface area contributed by atoms with E-state index in [1.807, 2.05) is 52.1 Å². The van der Waals surface area contributed by atoms with E-state index in [1.54, 1.807) is 13.6 Å². The first kappa shape index (κ1) is 36.5. The molecule has 2 amide bonds. The van der Waals surface area contributed by atoms with Crippen LogP contribution in [-0.4, -0.2) is 152 Å². The minimum atomic E-state index is -0.676. The van der Waals surface area contributed by atoms with Gasteiger partial charge in [-0.2, -0.15) is 0 Å². The SMILES string of the molecule is CB(O)N1CCN(B(C)O)[C@@H](C(=O)N2CCC[C@H](Cn3cnc(C)c3)C2)C1.Cc1cn(C[C@H]2CCCN(C(=O)[C@H]3CNCCN3)C2)cn1. The van der Waals surface area contributed by atoms with Crippen molar-refractivity contribution < 1.29 is 19.6 Å². The molecule has 4 N–H and O–H groups in total. The van der Waals surface area contributed by atoms with Crippen molar-refractivity contribution in [3.8, 4) is 0 Å². The fourth-order valence-corrected chi connectivity index (χ4v) is 7.65. The molecule has 4 atom stereocenters. The number of rotatable bonds is 8. The first-order valence-corrected chi connectivity index (χ1v) is 17.9. The molecule has 0 aromatic carbocycles. The van der Waals surface area contributed by atoms with Crippen LogP contribution < -0.4 is 10.6 Å². The zero-order chi connectivity index (χ0) is 34.2. The van der Waals surface area contributed by atoms with Crippen LogP contribution in [0.15, 0.2) is 25.0 Å². The highest BCUT2D eigenvalue weighted by atomic mass is 16.2. The maximum Gasteiger partial charge on any atom is 0.377 e. The summed E-state index contributed by atoms with van der Waals surface area (Å²) in [5.74, 6) is 1.27. The average molecular weight is 666 g/mol. The number of imidazole rings is 2. The van der Waals surface area contributed by atoms with Crippen molar-refractivity contribution in [3.63, 3.8) is 0 Å². The maximum atomic E-state index is 13.3. The van der Waals surface area contributed by atoms with Gasteiger partial charge in [0.15, 0.2) is 0 Å². The molecule has 2 aromatic rings. The van der Waals surface area contributed by atoms with Crippen LogP contribution in [0.2, 0.25) is 13.6 Å². The summed E-state index contributed by atoms with van der Waals surface area (Å²) in [7, 11) is -1.26. The summed E-state index contributed by atoms with van der Waals surface area (Å²) in [5.41, 5.74) is 2.06. The predicted octanol–water partition coefficient (Wildman–Crippen LogP) is -0.372. The Balaban J connectivity index is 0.000000194. The van der Waals surface area contributed by atoms with Crippen molar-refractivity contribution in [1.29, 1.82) is 0 Å². The Kier molecular flexibility index (Phi) is 13.1. The molecule has 0 bridgehead atoms. The fourth-order valence-electron chi connectivity index (χ4n) is 7.65. The van der Waals surface area contributed by atoms with E-state index in [4.69, 9.17) is 0 Å². The minimum Gasteiger partial charge on any atom is -0.437 e. The summed E-state index contributed by atoms with van der Waals surface area (Å²) < 4.78 is 4.25. The van der Waals surface area contributed by atoms with Crippen LogP contribution in [0.5, 0.6) is 0 Å². The molecule has 0 spiro atoms. The third-order valence-corrected chi connectivity index (χ3v) is 10.2. The molecule has 48 heavy (non-hydrogen) atoms. The molecule has 0 unspecified atom stereocenters. The van der Waals surface area contributed by atoms with Gasteiger partial charge >= 0.3 is 14.1 Å². The van der Waals surface area contributed by atoms with Gasteiger partial charge in [0.1, 0.15) is 0 Å². The number of carbonyl (C=O) groups is 2. The first-order chi connectivity index (χ1) is 23.1. The topological polar surface area (TPSA) is 147 Å². The number of nitrogens with one attached hydrogen (secondary N) is 2. The monoisotopic (exact) mass is 666 g/mol. The molecule has 16 heteroatoms. The van der Waals surface area contributed by atoms with E-state index in [0.717, 1.165) is 89.6 Å². The molecule has 0 aliphatic carbocycles. The zero-order valence-corrected chi connectivity index (χ0v) is 29.4. The van der Waals surface area contributed by atoms with Gasteiger partial charge in [-0.15, -0.1) is 0 Å². The molecule has 0 saturated carbocycles. The summed E-state index contributed by atoms with van der Waals surface area (Å²) in [6.45, 7) is 16.8. The first-order valence-electron chi connectivity index (χ1n) is 17.9. The Morgan fingerprint density at radius 1 is 0.812 bits per heavy atom. The number of carbonyl (C=O) groups excluding carboxylic acids is 2. The molecule has 6 heterocycles. The van der Waals surface area contributed by atoms with E-state index in [-0.39, 0.29) is 17.9 Å². The summed E-state index contributed by atoms with van der Waals surface area (Å²) >= 11 is 0. The molecular weight excluding hydrogens is 610 g/mol. The van der Waals surface area contributed by atoms with Crippen molar-refractivity contribution in [1.82, 2.24) is 49.2 Å². The number of piperidine rings is 2. The Labute approximate surface area is 286 Å². The maximum absolute atomic E-state index is 13.3. The van der Waals surface area contributed by atoms with Gasteiger partial charge in [-0.3, -0.25) is 9.59 Å². The molecular formula is C32H56B2N10O4. The molecule has 6 rings (SSSR count). The molecule has 264 valence electrons. The van der Waals surface area contributed by atoms with Crippen LogP contribution in [0.25, 0.3) is 0 Å². The molecule has 0 radical (unpaired) electrons. The van der Waals surface area contributed by atoms with Gasteiger partial charge in [-0.05, 0) is 65.0 Å². The predicted molar refractivity (Wildman–Crippen MR) is 187 cm³/mol. The van der Waals surface area contributed by atoms with E-state index in [0.29, 0.717) is 31.5 Å². The summed E-state index contributed by atoms with van der Waals surface area (Å²) in [6.07, 6.45) is 12.2. The van der Waals surface area contributed by atoms with E-state index < -0.39 is 20.1 Å². The number of piperazine rings is 2. The number of nitrogens with zero attached hydrogens (tertiary/aromatic N) is 8. The van der Waals surface area contributed by atoms with Crippen molar-refractivity contribution in [2.75, 3.05) is 65.4 Å². The van der Waals surface area contributed by atoms with Crippen LogP contribution >= 0.6 is 0 Å². The van der Waals surface area contributed by atoms with E-state index in [9.17, 15) is 19.6 Å². The Morgan fingerprint density at radius 3 is 1.88 bits per heavy atom. The van der Waals surface area contributed by atoms with Crippen LogP contribution in [0.3, 0.4) is 0 Å². The second-order valence-electron chi connectivity index (χ2n) is 14.2. The van der Waals surface area contributed by atoms with Gasteiger partial charge in [0, 0.05) is 90.9 Å². The highest BCUT2D eigenvalue weighted by Crippen LogP contribution is 2.23. The number of likely N-dealkylation sites (tertiary alicyclic amines) is 2. The number of amides is 2. The van der Waals surface area contributed by atoms with Crippen LogP contribution in [0.4, 0.5) is 0 Å². The van der Waals surface area contributed by atoms with Crippen molar-refractivity contribution >= 4 is 25.9 Å². The summed E-state index contributed by atoms with van der Waals surface area (Å²) in [6, 6.07) is -0.462. The van der Waals surface area contributed by atoms with Gasteiger partial charge in [-0.1, -0.05) is 0 Å². The zero-order valence-electron chi connectivity index (χ0n) is 29.4. The standard InChI is InChI=1S/C17H31B2N5O3.C15H25N5O/c1-14-9-21(13-20-14)10-15-5-4-6-22(11-15)17(25)16-12-23(18(2)26)7-8-24(16)19(3)27;1-12-8-19(11-18-12)9-13-3-2-6-20(10-13)15(21)14-7-16-4-5-17-14/h9,13,15-16,26-27H,4-8,10-12H2,1-3H3;8,11,13-14,16-17H,2-7,9-10H2,1H3/t15-,16-;13-,14-/m11/s1. The second-order valence-corrected chi connectivity index (χ2v) is 14.2. The van der Waals surface area contributed by atoms with Crippen LogP contribution in [0.1, 0.15) is 37.1 Å². The van der Waals surface area contributed by atoms with Gasteiger partial charge in [0.2, 0.25) is 11.8 Å². The molecule has 4 aliphatic heterocycles. The number of aryl methyl sites for hydroxylation is 2. The molecule has 4 fully saturated rings. The largest absolute Gasteiger partial charge is 0.437 e. The number of aromatic nitrogens is 4. The van der Waals surface area contributed by atoms with Crippen molar-refractivity contribution in [2.24, 2.45) is 11.8 Å². The Hall–Kier alpha value is -2.75. The number of hydrogen-bond acceptors (Lipinski definition) is 10. The minimum absolute atomic E-state index is 0.0482. The van der Waals surface area contributed by atoms with Gasteiger partial charge < -0.3 is 49.2 Å². The second kappa shape index (κ2) is 17.3. The Bertz CT molecular complexity index is 1320. The lowest BCUT2D eigenvalue weighted by Crippen LogP contribution is -2.65. The van der Waals surface area contributed by atoms with Crippen molar-refractivity contribution in [3.05, 3.63) is 36.4 Å². The summed E-state index contributed by atoms with van der Waals surface area (Å²) in [5, 5.41) is 26.7. The molecule has 4 aliphatic rings. The fraction of sp³-hybridized carbons (Fsp3) is 0.750. The highest BCUT2D eigenvalue weighted by Gasteiger charge is 2.40. The van der Waals surface area contributed by atoms with E-state index >= 15 is 0 Å². The molecule has 2 aromatic heterocycles. The van der Waals surface area contributed by atoms with Gasteiger partial charge in [0.05, 0.1) is 36.1 Å². The smallest absolute Gasteiger partial charge is 0.377 e. The highest BCUT2D eigenvalue weighted by molar-refractivity contribution is 6.46. The summed E-state index contributed by atoms with van der Waals surface area (Å²) in [4.78, 5) is 42.1. The average Bonchev–Trinajstić information content (AvgIpc) is 3.70. The lowest BCUT2D eigenvalue weighted by Gasteiger charge is -2.44. The Morgan fingerprint density at radius 2 is 1.40 bits per heavy atom. The van der Waals surface area contributed by atoms with Crippen LogP contribution in [0, 0.1) is 25.7 Å². The third-order valence-electron chi connectivity index (χ3n) is 10.2. The normalized spacial score (nSPS) is 25.7. The molecule has 4 saturated heterocycles. The third kappa shape index (κ3) is 9.91. The van der Waals surface area contributed by atoms with Gasteiger partial charge in [0.25, 0.3) is 0 Å². The lowest BCUT2D eigenvalue weighted by molar-refractivity contribution is -0.139. The van der Waals surface area contributed by atoms with E-state index in [2.05, 4.69) is 35.9 Å². The van der Waals surface area contributed by atoms with Crippen molar-refractivity contribution in [2.45, 2.75) is 78.4 Å². The van der Waals surface area contributed by atoms with E-state index in [1.165, 1.54) is 6.42 Å². The number of hydrogen-bond donors (Lipinski definition) is 4. The quantitative estimate of drug-likeness (QED) is 0.276. The molecule has 14 nitrogen and oxygen atoms in total.